The van der Waals surface area contributed by atoms with Crippen LogP contribution in [0.15, 0.2) is 60.7 Å². The van der Waals surface area contributed by atoms with Crippen molar-refractivity contribution in [3.63, 3.8) is 0 Å². The summed E-state index contributed by atoms with van der Waals surface area (Å²) in [6.45, 7) is 5.28. The number of hydrogen-bond acceptors (Lipinski definition) is 6. The van der Waals surface area contributed by atoms with Gasteiger partial charge in [0.2, 0.25) is 5.88 Å². The fourth-order valence-electron chi connectivity index (χ4n) is 4.03. The van der Waals surface area contributed by atoms with Crippen LogP contribution in [0.4, 0.5) is 0 Å². The number of pyridine rings is 1. The summed E-state index contributed by atoms with van der Waals surface area (Å²) in [5, 5.41) is 10.1. The molecular weight excluding hydrogens is 460 g/mol. The minimum atomic E-state index is -1.37. The number of aromatic nitrogens is 2. The van der Waals surface area contributed by atoms with Crippen molar-refractivity contribution in [3.05, 3.63) is 83.0 Å². The average Bonchev–Trinajstić information content (AvgIpc) is 3.13. The summed E-state index contributed by atoms with van der Waals surface area (Å²) in [7, 11) is 3.12. The van der Waals surface area contributed by atoms with E-state index >= 15 is 0 Å². The number of rotatable bonds is 9. The molecule has 2 heterocycles. The van der Waals surface area contributed by atoms with E-state index in [4.69, 9.17) is 14.2 Å². The summed E-state index contributed by atoms with van der Waals surface area (Å²) in [4.78, 5) is 29.7. The molecule has 2 aromatic heterocycles. The summed E-state index contributed by atoms with van der Waals surface area (Å²) in [5.41, 5.74) is 1.96. The van der Waals surface area contributed by atoms with Gasteiger partial charge in [-0.25, -0.2) is 4.79 Å². The molecule has 0 aliphatic carbocycles. The zero-order valence-corrected chi connectivity index (χ0v) is 20.9. The molecule has 2 aromatic carbocycles. The molecule has 4 aromatic rings. The SMILES string of the molecule is COc1ccc(C(=O)c2c(C)n(Cc3cccc(OC(C)(C)C(=O)O)c3)c3nc(OC)ccc23)cc1. The van der Waals surface area contributed by atoms with Crippen molar-refractivity contribution in [1.29, 1.82) is 0 Å². The molecule has 0 aliphatic rings. The van der Waals surface area contributed by atoms with Crippen LogP contribution in [-0.2, 0) is 11.3 Å². The third kappa shape index (κ3) is 4.75. The van der Waals surface area contributed by atoms with E-state index in [1.54, 1.807) is 62.8 Å². The Hall–Kier alpha value is -4.33. The van der Waals surface area contributed by atoms with Gasteiger partial charge in [-0.05, 0) is 68.8 Å². The molecular formula is C28H28N2O6. The molecule has 0 bridgehead atoms. The van der Waals surface area contributed by atoms with Crippen molar-refractivity contribution in [1.82, 2.24) is 9.55 Å². The molecule has 8 heteroatoms. The van der Waals surface area contributed by atoms with Crippen molar-refractivity contribution < 1.29 is 28.9 Å². The van der Waals surface area contributed by atoms with Gasteiger partial charge in [0.15, 0.2) is 11.4 Å². The highest BCUT2D eigenvalue weighted by molar-refractivity contribution is 6.17. The lowest BCUT2D eigenvalue weighted by Gasteiger charge is -2.22. The first kappa shape index (κ1) is 24.8. The molecule has 0 saturated carbocycles. The predicted octanol–water partition coefficient (Wildman–Crippen LogP) is 4.88. The zero-order chi connectivity index (χ0) is 26.0. The second-order valence-electron chi connectivity index (χ2n) is 8.89. The minimum absolute atomic E-state index is 0.119. The Morgan fingerprint density at radius 2 is 1.69 bits per heavy atom. The molecule has 8 nitrogen and oxygen atoms in total. The number of benzene rings is 2. The maximum absolute atomic E-state index is 13.6. The molecule has 0 spiro atoms. The summed E-state index contributed by atoms with van der Waals surface area (Å²) in [5.74, 6) is 0.369. The van der Waals surface area contributed by atoms with Gasteiger partial charge in [0, 0.05) is 29.3 Å². The zero-order valence-electron chi connectivity index (χ0n) is 20.9. The highest BCUT2D eigenvalue weighted by Gasteiger charge is 2.29. The molecule has 36 heavy (non-hydrogen) atoms. The number of carboxylic acid groups (broad SMARTS) is 1. The number of aliphatic carboxylic acids is 1. The average molecular weight is 489 g/mol. The van der Waals surface area contributed by atoms with Crippen molar-refractivity contribution in [2.45, 2.75) is 32.9 Å². The van der Waals surface area contributed by atoms with Gasteiger partial charge in [0.1, 0.15) is 17.1 Å². The van der Waals surface area contributed by atoms with Gasteiger partial charge >= 0.3 is 5.97 Å². The molecule has 0 saturated heterocycles. The van der Waals surface area contributed by atoms with Crippen LogP contribution in [0.3, 0.4) is 0 Å². The van der Waals surface area contributed by atoms with E-state index in [9.17, 15) is 14.7 Å². The van der Waals surface area contributed by atoms with E-state index in [1.165, 1.54) is 13.8 Å². The normalized spacial score (nSPS) is 11.4. The number of fused-ring (bicyclic) bond motifs is 1. The molecule has 0 atom stereocenters. The lowest BCUT2D eigenvalue weighted by atomic mass is 10.0. The smallest absolute Gasteiger partial charge is 0.347 e. The van der Waals surface area contributed by atoms with Gasteiger partial charge in [-0.2, -0.15) is 4.98 Å². The largest absolute Gasteiger partial charge is 0.497 e. The number of ketones is 1. The molecule has 0 unspecified atom stereocenters. The number of carboxylic acids is 1. The third-order valence-electron chi connectivity index (χ3n) is 6.06. The Morgan fingerprint density at radius 3 is 2.33 bits per heavy atom. The van der Waals surface area contributed by atoms with E-state index in [2.05, 4.69) is 4.98 Å². The maximum atomic E-state index is 13.6. The first-order valence-corrected chi connectivity index (χ1v) is 11.4. The van der Waals surface area contributed by atoms with E-state index < -0.39 is 11.6 Å². The molecule has 0 amide bonds. The molecule has 4 rings (SSSR count). The molecule has 1 N–H and O–H groups in total. The van der Waals surface area contributed by atoms with Crippen molar-refractivity contribution in [3.8, 4) is 17.4 Å². The second-order valence-corrected chi connectivity index (χ2v) is 8.89. The number of methoxy groups -OCH3 is 2. The molecule has 186 valence electrons. The molecule has 0 aliphatic heterocycles. The summed E-state index contributed by atoms with van der Waals surface area (Å²) >= 11 is 0. The Labute approximate surface area is 209 Å². The van der Waals surface area contributed by atoms with Crippen LogP contribution in [0, 0.1) is 6.92 Å². The minimum Gasteiger partial charge on any atom is -0.497 e. The van der Waals surface area contributed by atoms with E-state index in [0.29, 0.717) is 46.1 Å². The van der Waals surface area contributed by atoms with Crippen molar-refractivity contribution in [2.24, 2.45) is 0 Å². The van der Waals surface area contributed by atoms with Gasteiger partial charge in [0.25, 0.3) is 0 Å². The first-order valence-electron chi connectivity index (χ1n) is 11.4. The van der Waals surface area contributed by atoms with Crippen LogP contribution >= 0.6 is 0 Å². The van der Waals surface area contributed by atoms with Crippen LogP contribution in [0.1, 0.15) is 41.0 Å². The monoisotopic (exact) mass is 488 g/mol. The van der Waals surface area contributed by atoms with E-state index in [1.807, 2.05) is 23.6 Å². The van der Waals surface area contributed by atoms with Gasteiger partial charge in [0.05, 0.1) is 19.8 Å². The molecule has 0 fully saturated rings. The Kier molecular flexibility index (Phi) is 6.70. The highest BCUT2D eigenvalue weighted by atomic mass is 16.5. The fourth-order valence-corrected chi connectivity index (χ4v) is 4.03. The Bertz CT molecular complexity index is 1440. The first-order chi connectivity index (χ1) is 17.1. The van der Waals surface area contributed by atoms with Crippen molar-refractivity contribution in [2.75, 3.05) is 14.2 Å². The topological polar surface area (TPSA) is 99.9 Å². The predicted molar refractivity (Wildman–Crippen MR) is 135 cm³/mol. The number of carbonyl (C=O) groups is 2. The van der Waals surface area contributed by atoms with Crippen LogP contribution < -0.4 is 14.2 Å². The lowest BCUT2D eigenvalue weighted by molar-refractivity contribution is -0.152. The fraction of sp³-hybridized carbons (Fsp3) is 0.250. The Morgan fingerprint density at radius 1 is 0.972 bits per heavy atom. The number of nitrogens with zero attached hydrogens (tertiary/aromatic N) is 2. The van der Waals surface area contributed by atoms with Gasteiger partial charge in [-0.15, -0.1) is 0 Å². The quantitative estimate of drug-likeness (QED) is 0.335. The second kappa shape index (κ2) is 9.73. The van der Waals surface area contributed by atoms with E-state index in [-0.39, 0.29) is 5.78 Å². The van der Waals surface area contributed by atoms with Gasteiger partial charge in [-0.3, -0.25) is 4.79 Å². The Balaban J connectivity index is 1.78. The highest BCUT2D eigenvalue weighted by Crippen LogP contribution is 2.30. The summed E-state index contributed by atoms with van der Waals surface area (Å²) in [6, 6.07) is 17.8. The summed E-state index contributed by atoms with van der Waals surface area (Å²) in [6.07, 6.45) is 0. The van der Waals surface area contributed by atoms with Gasteiger partial charge < -0.3 is 23.9 Å². The number of hydrogen-bond donors (Lipinski definition) is 1. The van der Waals surface area contributed by atoms with Crippen LogP contribution in [0.2, 0.25) is 0 Å². The van der Waals surface area contributed by atoms with Crippen LogP contribution in [0.5, 0.6) is 17.4 Å². The van der Waals surface area contributed by atoms with Crippen molar-refractivity contribution >= 4 is 22.8 Å². The number of ether oxygens (including phenoxy) is 3. The standard InChI is InChI=1S/C28H28N2O6/c1-17-24(25(31)19-9-11-20(34-4)12-10-19)22-13-14-23(35-5)29-26(22)30(17)16-18-7-6-8-21(15-18)36-28(2,3)27(32)33/h6-15H,16H2,1-5H3,(H,32,33). The lowest BCUT2D eigenvalue weighted by Crippen LogP contribution is -2.37. The van der Waals surface area contributed by atoms with E-state index in [0.717, 1.165) is 11.3 Å². The van der Waals surface area contributed by atoms with Crippen LogP contribution in [-0.4, -0.2) is 46.2 Å². The number of carbonyl (C=O) groups excluding carboxylic acids is 1. The maximum Gasteiger partial charge on any atom is 0.347 e. The molecule has 0 radical (unpaired) electrons. The van der Waals surface area contributed by atoms with Crippen LogP contribution in [0.25, 0.3) is 11.0 Å². The third-order valence-corrected chi connectivity index (χ3v) is 6.06. The summed E-state index contributed by atoms with van der Waals surface area (Å²) < 4.78 is 18.2. The van der Waals surface area contributed by atoms with Gasteiger partial charge in [-0.1, -0.05) is 12.1 Å².